The van der Waals surface area contributed by atoms with Crippen LogP contribution in [0.25, 0.3) is 0 Å². The molecule has 1 N–H and O–H groups in total. The first-order valence-electron chi connectivity index (χ1n) is 9.84. The van der Waals surface area contributed by atoms with Gasteiger partial charge in [-0.3, -0.25) is 4.90 Å². The van der Waals surface area contributed by atoms with Crippen LogP contribution < -0.4 is 4.74 Å². The highest BCUT2D eigenvalue weighted by Crippen LogP contribution is 2.33. The van der Waals surface area contributed by atoms with Crippen LogP contribution in [0.15, 0.2) is 36.9 Å². The second kappa shape index (κ2) is 9.15. The lowest BCUT2D eigenvalue weighted by molar-refractivity contribution is -0.151. The van der Waals surface area contributed by atoms with Crippen LogP contribution in [0.4, 0.5) is 4.79 Å². The van der Waals surface area contributed by atoms with E-state index in [0.717, 1.165) is 11.3 Å². The Morgan fingerprint density at radius 1 is 1.41 bits per heavy atom. The van der Waals surface area contributed by atoms with Gasteiger partial charge in [0, 0.05) is 6.54 Å². The number of methoxy groups -OCH3 is 1. The van der Waals surface area contributed by atoms with Crippen molar-refractivity contribution >= 4 is 6.09 Å². The van der Waals surface area contributed by atoms with Gasteiger partial charge in [0.2, 0.25) is 0 Å². The zero-order chi connectivity index (χ0) is 21.8. The predicted molar refractivity (Wildman–Crippen MR) is 111 cm³/mol. The van der Waals surface area contributed by atoms with Crippen LogP contribution in [0.1, 0.15) is 46.6 Å². The minimum absolute atomic E-state index is 0.293. The molecule has 1 fully saturated rings. The molecule has 1 heterocycles. The number of hydrogen-bond donors (Lipinski definition) is 1. The van der Waals surface area contributed by atoms with Crippen LogP contribution in [-0.4, -0.2) is 58.4 Å². The summed E-state index contributed by atoms with van der Waals surface area (Å²) in [5.41, 5.74) is -0.548. The normalized spacial score (nSPS) is 19.9. The molecule has 0 radical (unpaired) electrons. The van der Waals surface area contributed by atoms with Crippen LogP contribution in [0.3, 0.4) is 0 Å². The van der Waals surface area contributed by atoms with E-state index in [-0.39, 0.29) is 6.04 Å². The first kappa shape index (κ1) is 23.2. The van der Waals surface area contributed by atoms with Crippen molar-refractivity contribution < 1.29 is 24.2 Å². The highest BCUT2D eigenvalue weighted by Gasteiger charge is 2.49. The van der Waals surface area contributed by atoms with E-state index in [1.807, 2.05) is 58.9 Å². The smallest absolute Gasteiger partial charge is 0.412 e. The summed E-state index contributed by atoms with van der Waals surface area (Å²) >= 11 is 0. The fourth-order valence-corrected chi connectivity index (χ4v) is 3.47. The second-order valence-corrected chi connectivity index (χ2v) is 8.71. The number of amides is 1. The van der Waals surface area contributed by atoms with Crippen molar-refractivity contribution in [2.45, 2.75) is 71.0 Å². The van der Waals surface area contributed by atoms with Crippen LogP contribution >= 0.6 is 0 Å². The summed E-state index contributed by atoms with van der Waals surface area (Å²) in [7, 11) is 1.61. The topological polar surface area (TPSA) is 71.5 Å². The van der Waals surface area contributed by atoms with Gasteiger partial charge in [0.1, 0.15) is 17.1 Å². The molecule has 1 saturated heterocycles. The molecule has 7 nitrogen and oxygen atoms in total. The van der Waals surface area contributed by atoms with Crippen molar-refractivity contribution in [3.63, 3.8) is 0 Å². The quantitative estimate of drug-likeness (QED) is 0.540. The van der Waals surface area contributed by atoms with Gasteiger partial charge in [0.15, 0.2) is 0 Å². The Morgan fingerprint density at radius 3 is 2.55 bits per heavy atom. The summed E-state index contributed by atoms with van der Waals surface area (Å²) in [6.45, 7) is 13.5. The molecule has 1 aliphatic heterocycles. The molecular weight excluding hydrogens is 372 g/mol. The fraction of sp³-hybridized carbons (Fsp3) is 0.591. The summed E-state index contributed by atoms with van der Waals surface area (Å²) < 4.78 is 16.7. The van der Waals surface area contributed by atoms with Crippen LogP contribution in [0.2, 0.25) is 0 Å². The third kappa shape index (κ3) is 5.95. The summed E-state index contributed by atoms with van der Waals surface area (Å²) in [5.74, 6) is 0.753. The molecular formula is C22H34N2O5. The number of nitrogens with zero attached hydrogens (tertiary/aromatic N) is 2. The van der Waals surface area contributed by atoms with Crippen molar-refractivity contribution in [2.75, 3.05) is 13.7 Å². The van der Waals surface area contributed by atoms with Gasteiger partial charge >= 0.3 is 6.09 Å². The van der Waals surface area contributed by atoms with Crippen LogP contribution in [0, 0.1) is 0 Å². The zero-order valence-corrected chi connectivity index (χ0v) is 18.3. The number of rotatable bonds is 7. The summed E-state index contributed by atoms with van der Waals surface area (Å²) in [6, 6.07) is 6.70. The number of hydroxylamine groups is 2. The van der Waals surface area contributed by atoms with Crippen molar-refractivity contribution in [3.05, 3.63) is 42.5 Å². The van der Waals surface area contributed by atoms with E-state index < -0.39 is 23.5 Å². The van der Waals surface area contributed by atoms with E-state index in [4.69, 9.17) is 14.2 Å². The van der Waals surface area contributed by atoms with Gasteiger partial charge in [0.25, 0.3) is 0 Å². The summed E-state index contributed by atoms with van der Waals surface area (Å²) in [5, 5.41) is 12.1. The molecule has 1 aromatic carbocycles. The number of carbonyl (C=O) groups is 1. The molecule has 0 bridgehead atoms. The van der Waals surface area contributed by atoms with Gasteiger partial charge < -0.3 is 19.4 Å². The lowest BCUT2D eigenvalue weighted by Crippen LogP contribution is -2.56. The van der Waals surface area contributed by atoms with E-state index in [2.05, 4.69) is 6.58 Å². The van der Waals surface area contributed by atoms with Crippen molar-refractivity contribution in [2.24, 2.45) is 0 Å². The average molecular weight is 407 g/mol. The Balaban J connectivity index is 2.23. The minimum Gasteiger partial charge on any atom is -0.497 e. The van der Waals surface area contributed by atoms with Gasteiger partial charge in [-0.1, -0.05) is 18.2 Å². The third-order valence-electron chi connectivity index (χ3n) is 4.85. The van der Waals surface area contributed by atoms with E-state index in [9.17, 15) is 10.0 Å². The second-order valence-electron chi connectivity index (χ2n) is 8.71. The molecule has 2 rings (SSSR count). The summed E-state index contributed by atoms with van der Waals surface area (Å²) in [6.07, 6.45) is 1.76. The lowest BCUT2D eigenvalue weighted by atomic mass is 10.0. The Labute approximate surface area is 173 Å². The van der Waals surface area contributed by atoms with E-state index in [0.29, 0.717) is 19.6 Å². The number of hydrogen-bond acceptors (Lipinski definition) is 6. The molecule has 0 spiro atoms. The number of carbonyl (C=O) groups excluding carboxylic acids is 1. The summed E-state index contributed by atoms with van der Waals surface area (Å²) in [4.78, 5) is 14.5. The zero-order valence-electron chi connectivity index (χ0n) is 18.3. The Hall–Kier alpha value is -2.09. The first-order chi connectivity index (χ1) is 13.5. The number of benzene rings is 1. The molecule has 0 aliphatic carbocycles. The molecule has 1 aromatic rings. The Morgan fingerprint density at radius 2 is 2.03 bits per heavy atom. The SMILES string of the molecule is C=CC[C@@H]([C@@H]1COC(C)(C)N1C(=O)OC(C)(C)C)N(O)Cc1ccc(OC)cc1. The molecule has 162 valence electrons. The molecule has 0 aromatic heterocycles. The molecule has 0 unspecified atom stereocenters. The maximum atomic E-state index is 12.9. The molecule has 1 aliphatic rings. The van der Waals surface area contributed by atoms with E-state index in [1.54, 1.807) is 18.1 Å². The third-order valence-corrected chi connectivity index (χ3v) is 4.85. The lowest BCUT2D eigenvalue weighted by Gasteiger charge is -2.39. The molecule has 29 heavy (non-hydrogen) atoms. The fourth-order valence-electron chi connectivity index (χ4n) is 3.47. The standard InChI is InChI=1S/C22H34N2O5/c1-8-9-18(23(26)14-16-10-12-17(27-7)13-11-16)19-15-28-22(5,6)24(19)20(25)29-21(2,3)4/h8,10-13,18-19,26H,1,9,14-15H2,2-7H3/t18-,19-/m0/s1. The van der Waals surface area contributed by atoms with Crippen LogP contribution in [-0.2, 0) is 16.0 Å². The Bertz CT molecular complexity index is 696. The average Bonchev–Trinajstić information content (AvgIpc) is 2.93. The van der Waals surface area contributed by atoms with Gasteiger partial charge in [-0.05, 0) is 58.7 Å². The van der Waals surface area contributed by atoms with Gasteiger partial charge in [-0.25, -0.2) is 4.79 Å². The molecule has 0 saturated carbocycles. The van der Waals surface area contributed by atoms with Crippen molar-refractivity contribution in [1.29, 1.82) is 0 Å². The van der Waals surface area contributed by atoms with Gasteiger partial charge in [-0.15, -0.1) is 6.58 Å². The predicted octanol–water partition coefficient (Wildman–Crippen LogP) is 4.20. The maximum absolute atomic E-state index is 12.9. The molecule has 1 amide bonds. The maximum Gasteiger partial charge on any atom is 0.412 e. The highest BCUT2D eigenvalue weighted by atomic mass is 16.6. The Kier molecular flexibility index (Phi) is 7.32. The van der Waals surface area contributed by atoms with E-state index >= 15 is 0 Å². The van der Waals surface area contributed by atoms with Gasteiger partial charge in [-0.2, -0.15) is 5.06 Å². The van der Waals surface area contributed by atoms with Gasteiger partial charge in [0.05, 0.1) is 25.8 Å². The first-order valence-corrected chi connectivity index (χ1v) is 9.84. The minimum atomic E-state index is -0.840. The molecule has 2 atom stereocenters. The number of ether oxygens (including phenoxy) is 3. The molecule has 7 heteroatoms. The largest absolute Gasteiger partial charge is 0.497 e. The highest BCUT2D eigenvalue weighted by molar-refractivity contribution is 5.70. The van der Waals surface area contributed by atoms with Crippen LogP contribution in [0.5, 0.6) is 5.75 Å². The van der Waals surface area contributed by atoms with Crippen molar-refractivity contribution in [1.82, 2.24) is 9.96 Å². The monoisotopic (exact) mass is 406 g/mol. The van der Waals surface area contributed by atoms with E-state index in [1.165, 1.54) is 5.06 Å². The van der Waals surface area contributed by atoms with Crippen molar-refractivity contribution in [3.8, 4) is 5.75 Å².